The fourth-order valence-corrected chi connectivity index (χ4v) is 4.21. The number of rotatable bonds is 10. The molecule has 0 unspecified atom stereocenters. The van der Waals surface area contributed by atoms with Crippen LogP contribution in [0.15, 0.2) is 71.7 Å². The minimum atomic E-state index is -0.292. The van der Waals surface area contributed by atoms with E-state index in [-0.39, 0.29) is 11.8 Å². The zero-order chi connectivity index (χ0) is 23.9. The first kappa shape index (κ1) is 23.3. The molecule has 0 fully saturated rings. The number of hydrogen-bond acceptors (Lipinski definition) is 6. The van der Waals surface area contributed by atoms with E-state index < -0.39 is 0 Å². The maximum Gasteiger partial charge on any atom is 0.186 e. The van der Waals surface area contributed by atoms with Crippen molar-refractivity contribution in [3.63, 3.8) is 0 Å². The number of anilines is 1. The predicted octanol–water partition coefficient (Wildman–Crippen LogP) is 4.91. The summed E-state index contributed by atoms with van der Waals surface area (Å²) in [6.07, 6.45) is 0.747. The molecule has 4 rings (SSSR count). The number of nitrogens with two attached hydrogens (primary N) is 2. The lowest BCUT2D eigenvalue weighted by Crippen LogP contribution is -2.23. The second-order valence-corrected chi connectivity index (χ2v) is 8.70. The lowest BCUT2D eigenvalue weighted by molar-refractivity contribution is 0.313. The second-order valence-electron chi connectivity index (χ2n) is 7.69. The minimum Gasteiger partial charge on any atom is -0.494 e. The number of benzene rings is 3. The van der Waals surface area contributed by atoms with Crippen molar-refractivity contribution in [2.45, 2.75) is 13.0 Å². The van der Waals surface area contributed by atoms with Gasteiger partial charge in [0.1, 0.15) is 23.1 Å². The van der Waals surface area contributed by atoms with E-state index in [2.05, 4.69) is 9.89 Å². The Morgan fingerprint density at radius 3 is 2.44 bits per heavy atom. The summed E-state index contributed by atoms with van der Waals surface area (Å²) in [5, 5.41) is 0.911. The first-order chi connectivity index (χ1) is 16.5. The molecule has 0 saturated carbocycles. The second kappa shape index (κ2) is 10.8. The summed E-state index contributed by atoms with van der Waals surface area (Å²) in [4.78, 5) is 10.8. The number of guanidine groups is 1. The lowest BCUT2D eigenvalue weighted by atomic mass is 10.2. The van der Waals surface area contributed by atoms with Crippen LogP contribution in [-0.2, 0) is 6.54 Å². The third-order valence-corrected chi connectivity index (χ3v) is 6.07. The summed E-state index contributed by atoms with van der Waals surface area (Å²) < 4.78 is 25.7. The summed E-state index contributed by atoms with van der Waals surface area (Å²) in [5.74, 6) is 1.89. The maximum absolute atomic E-state index is 13.1. The van der Waals surface area contributed by atoms with E-state index in [4.69, 9.17) is 25.9 Å². The molecule has 0 amide bonds. The molecule has 0 aliphatic heterocycles. The fourth-order valence-electron chi connectivity index (χ4n) is 3.25. The van der Waals surface area contributed by atoms with Gasteiger partial charge < -0.3 is 25.8 Å². The van der Waals surface area contributed by atoms with Crippen molar-refractivity contribution >= 4 is 32.6 Å². The van der Waals surface area contributed by atoms with Gasteiger partial charge in [0.05, 0.1) is 16.8 Å². The van der Waals surface area contributed by atoms with E-state index in [0.29, 0.717) is 31.2 Å². The van der Waals surface area contributed by atoms with Crippen LogP contribution in [0.4, 0.5) is 9.52 Å². The van der Waals surface area contributed by atoms with E-state index in [1.165, 1.54) is 12.1 Å². The summed E-state index contributed by atoms with van der Waals surface area (Å²) in [6, 6.07) is 19.7. The zero-order valence-corrected chi connectivity index (χ0v) is 19.6. The molecular formula is C25H26FN5O2S. The van der Waals surface area contributed by atoms with Crippen LogP contribution in [0.5, 0.6) is 17.2 Å². The van der Waals surface area contributed by atoms with Gasteiger partial charge in [0, 0.05) is 32.6 Å². The SMILES string of the molecule is CN(Cc1ccc(OCCCN=C(N)N)cc1)c1nc2ccc(Oc3ccc(F)cc3)cc2s1. The number of halogens is 1. The van der Waals surface area contributed by atoms with E-state index in [1.54, 1.807) is 23.5 Å². The van der Waals surface area contributed by atoms with Gasteiger partial charge >= 0.3 is 0 Å². The molecule has 0 aliphatic rings. The number of thiazole rings is 1. The first-order valence-electron chi connectivity index (χ1n) is 10.8. The Morgan fingerprint density at radius 2 is 1.71 bits per heavy atom. The molecule has 0 aliphatic carbocycles. The van der Waals surface area contributed by atoms with Crippen LogP contribution in [0, 0.1) is 5.82 Å². The third-order valence-electron chi connectivity index (χ3n) is 4.93. The average Bonchev–Trinajstić information content (AvgIpc) is 3.25. The summed E-state index contributed by atoms with van der Waals surface area (Å²) in [6.45, 7) is 1.81. The maximum atomic E-state index is 13.1. The van der Waals surface area contributed by atoms with Gasteiger partial charge in [0.2, 0.25) is 0 Å². The van der Waals surface area contributed by atoms with Crippen LogP contribution in [0.1, 0.15) is 12.0 Å². The molecule has 1 aromatic heterocycles. The van der Waals surface area contributed by atoms with Crippen molar-refractivity contribution in [1.29, 1.82) is 0 Å². The van der Waals surface area contributed by atoms with Gasteiger partial charge in [0.15, 0.2) is 11.1 Å². The molecule has 3 aromatic carbocycles. The molecule has 0 spiro atoms. The van der Waals surface area contributed by atoms with Crippen molar-refractivity contribution in [3.8, 4) is 17.2 Å². The van der Waals surface area contributed by atoms with Crippen molar-refractivity contribution in [2.24, 2.45) is 16.5 Å². The number of ether oxygens (including phenoxy) is 2. The van der Waals surface area contributed by atoms with E-state index >= 15 is 0 Å². The highest BCUT2D eigenvalue weighted by Crippen LogP contribution is 2.33. The van der Waals surface area contributed by atoms with Crippen molar-refractivity contribution in [3.05, 3.63) is 78.1 Å². The Kier molecular flexibility index (Phi) is 7.44. The molecule has 0 atom stereocenters. The van der Waals surface area contributed by atoms with E-state index in [9.17, 15) is 4.39 Å². The van der Waals surface area contributed by atoms with Crippen LogP contribution >= 0.6 is 11.3 Å². The fraction of sp³-hybridized carbons (Fsp3) is 0.200. The zero-order valence-electron chi connectivity index (χ0n) is 18.8. The molecule has 176 valence electrons. The number of fused-ring (bicyclic) bond motifs is 1. The summed E-state index contributed by atoms with van der Waals surface area (Å²) >= 11 is 1.59. The highest BCUT2D eigenvalue weighted by molar-refractivity contribution is 7.22. The summed E-state index contributed by atoms with van der Waals surface area (Å²) in [5.41, 5.74) is 12.7. The number of hydrogen-bond donors (Lipinski definition) is 2. The van der Waals surface area contributed by atoms with Gasteiger partial charge in [-0.05, 0) is 54.1 Å². The largest absolute Gasteiger partial charge is 0.494 e. The molecule has 0 radical (unpaired) electrons. The Morgan fingerprint density at radius 1 is 1.00 bits per heavy atom. The third kappa shape index (κ3) is 6.35. The lowest BCUT2D eigenvalue weighted by Gasteiger charge is -2.16. The Labute approximate surface area is 201 Å². The normalized spacial score (nSPS) is 10.8. The molecule has 0 bridgehead atoms. The quantitative estimate of drug-likeness (QED) is 0.191. The van der Waals surface area contributed by atoms with Crippen LogP contribution in [0.3, 0.4) is 0 Å². The standard InChI is InChI=1S/C25H26FN5O2S/c1-31(16-17-3-7-19(8-4-17)32-14-2-13-29-24(27)28)25-30-22-12-11-21(15-23(22)34-25)33-20-9-5-18(26)6-10-20/h3-12,15H,2,13-14,16H2,1H3,(H4,27,28,29). The van der Waals surface area contributed by atoms with Crippen molar-refractivity contribution in [2.75, 3.05) is 25.1 Å². The van der Waals surface area contributed by atoms with Gasteiger partial charge in [0.25, 0.3) is 0 Å². The predicted molar refractivity (Wildman–Crippen MR) is 135 cm³/mol. The van der Waals surface area contributed by atoms with Crippen molar-refractivity contribution in [1.82, 2.24) is 4.98 Å². The molecule has 4 aromatic rings. The minimum absolute atomic E-state index is 0.0976. The monoisotopic (exact) mass is 479 g/mol. The Balaban J connectivity index is 1.34. The van der Waals surface area contributed by atoms with Crippen LogP contribution in [0.25, 0.3) is 10.2 Å². The average molecular weight is 480 g/mol. The molecule has 0 saturated heterocycles. The molecule has 9 heteroatoms. The topological polar surface area (TPSA) is 99.0 Å². The molecule has 34 heavy (non-hydrogen) atoms. The highest BCUT2D eigenvalue weighted by Gasteiger charge is 2.11. The Hall–Kier alpha value is -3.85. The van der Waals surface area contributed by atoms with E-state index in [0.717, 1.165) is 33.1 Å². The molecular weight excluding hydrogens is 453 g/mol. The van der Waals surface area contributed by atoms with Gasteiger partial charge in [-0.3, -0.25) is 4.99 Å². The van der Waals surface area contributed by atoms with Crippen LogP contribution in [0.2, 0.25) is 0 Å². The number of aliphatic imine (C=N–C) groups is 1. The Bertz CT molecular complexity index is 1250. The van der Waals surface area contributed by atoms with Gasteiger partial charge in [-0.2, -0.15) is 0 Å². The highest BCUT2D eigenvalue weighted by atomic mass is 32.1. The van der Waals surface area contributed by atoms with Gasteiger partial charge in [-0.1, -0.05) is 23.5 Å². The number of nitrogens with zero attached hydrogens (tertiary/aromatic N) is 3. The van der Waals surface area contributed by atoms with E-state index in [1.807, 2.05) is 49.5 Å². The van der Waals surface area contributed by atoms with Crippen LogP contribution < -0.4 is 25.8 Å². The first-order valence-corrected chi connectivity index (χ1v) is 11.6. The molecule has 1 heterocycles. The molecule has 7 nitrogen and oxygen atoms in total. The summed E-state index contributed by atoms with van der Waals surface area (Å²) in [7, 11) is 2.02. The number of aromatic nitrogens is 1. The molecule has 4 N–H and O–H groups in total. The van der Waals surface area contributed by atoms with Gasteiger partial charge in [-0.25, -0.2) is 9.37 Å². The van der Waals surface area contributed by atoms with Crippen LogP contribution in [-0.4, -0.2) is 31.1 Å². The van der Waals surface area contributed by atoms with Crippen molar-refractivity contribution < 1.29 is 13.9 Å². The smallest absolute Gasteiger partial charge is 0.186 e. The van der Waals surface area contributed by atoms with Gasteiger partial charge in [-0.15, -0.1) is 0 Å².